The minimum atomic E-state index is -0.253. The first-order chi connectivity index (χ1) is 17.9. The fourth-order valence-electron chi connectivity index (χ4n) is 5.17. The van der Waals surface area contributed by atoms with Crippen LogP contribution in [0.3, 0.4) is 0 Å². The van der Waals surface area contributed by atoms with Crippen molar-refractivity contribution in [2.24, 2.45) is 0 Å². The van der Waals surface area contributed by atoms with E-state index in [2.05, 4.69) is 32.0 Å². The summed E-state index contributed by atoms with van der Waals surface area (Å²) in [6.45, 7) is 4.43. The van der Waals surface area contributed by atoms with E-state index in [4.69, 9.17) is 20.3 Å². The predicted molar refractivity (Wildman–Crippen MR) is 149 cm³/mol. The van der Waals surface area contributed by atoms with E-state index in [0.29, 0.717) is 11.1 Å². The lowest BCUT2D eigenvalue weighted by Crippen LogP contribution is -2.24. The highest BCUT2D eigenvalue weighted by molar-refractivity contribution is 6.15. The van der Waals surface area contributed by atoms with Crippen LogP contribution in [0.15, 0.2) is 109 Å². The van der Waals surface area contributed by atoms with Gasteiger partial charge in [0.15, 0.2) is 0 Å². The van der Waals surface area contributed by atoms with Crippen LogP contribution in [0.1, 0.15) is 36.1 Å². The summed E-state index contributed by atoms with van der Waals surface area (Å²) >= 11 is 0. The second-order valence-corrected chi connectivity index (χ2v) is 9.77. The lowest BCUT2D eigenvalue weighted by Gasteiger charge is -2.34. The molecule has 1 aliphatic heterocycles. The Balaban J connectivity index is 1.48. The molecule has 1 heterocycles. The fourth-order valence-corrected chi connectivity index (χ4v) is 5.17. The Kier molecular flexibility index (Phi) is 5.38. The minimum Gasteiger partial charge on any atom is -0.457 e. The van der Waals surface area contributed by atoms with E-state index in [1.807, 2.05) is 91.0 Å². The molecule has 5 aromatic carbocycles. The van der Waals surface area contributed by atoms with Gasteiger partial charge >= 0.3 is 0 Å². The third-order valence-electron chi connectivity index (χ3n) is 7.14. The zero-order valence-electron chi connectivity index (χ0n) is 20.7. The fraction of sp³-hybridized carbons (Fsp3) is 0.0909. The number of hydrogen-bond acceptors (Lipinski definition) is 4. The lowest BCUT2D eigenvalue weighted by atomic mass is 9.75. The summed E-state index contributed by atoms with van der Waals surface area (Å²) < 4.78 is 12.1. The average Bonchev–Trinajstić information content (AvgIpc) is 2.93. The van der Waals surface area contributed by atoms with Gasteiger partial charge in [-0.1, -0.05) is 92.7 Å². The number of rotatable bonds is 3. The van der Waals surface area contributed by atoms with Crippen LogP contribution in [0.25, 0.3) is 21.9 Å². The summed E-state index contributed by atoms with van der Waals surface area (Å²) in [5.74, 6) is 1.61. The monoisotopic (exact) mass is 482 g/mol. The minimum absolute atomic E-state index is 0.0546. The highest BCUT2D eigenvalue weighted by atomic mass is 16.5. The van der Waals surface area contributed by atoms with Gasteiger partial charge in [0.25, 0.3) is 0 Å². The summed E-state index contributed by atoms with van der Waals surface area (Å²) in [5.41, 5.74) is 5.11. The molecule has 0 spiro atoms. The Morgan fingerprint density at radius 3 is 2.22 bits per heavy atom. The molecule has 4 heteroatoms. The van der Waals surface area contributed by atoms with Gasteiger partial charge in [-0.15, -0.1) is 0 Å². The maximum Gasteiger partial charge on any atom is 0.222 e. The molecule has 1 aliphatic rings. The molecule has 4 nitrogen and oxygen atoms in total. The molecule has 5 aromatic rings. The van der Waals surface area contributed by atoms with Crippen LogP contribution in [-0.4, -0.2) is 11.8 Å². The van der Waals surface area contributed by atoms with Gasteiger partial charge in [-0.05, 0) is 52.2 Å². The first-order valence-corrected chi connectivity index (χ1v) is 12.3. The van der Waals surface area contributed by atoms with Crippen LogP contribution < -0.4 is 4.74 Å². The third kappa shape index (κ3) is 3.87. The molecule has 0 bridgehead atoms. The first-order valence-electron chi connectivity index (χ1n) is 12.3. The molecule has 180 valence electrons. The molecule has 0 saturated heterocycles. The maximum absolute atomic E-state index is 8.96. The normalized spacial score (nSPS) is 13.2. The second-order valence-electron chi connectivity index (χ2n) is 9.77. The third-order valence-corrected chi connectivity index (χ3v) is 7.14. The van der Waals surface area contributed by atoms with E-state index >= 15 is 0 Å². The number of hydrogen-bond donors (Lipinski definition) is 2. The van der Waals surface area contributed by atoms with Gasteiger partial charge in [0, 0.05) is 22.1 Å². The van der Waals surface area contributed by atoms with Crippen molar-refractivity contribution in [3.05, 3.63) is 131 Å². The predicted octanol–water partition coefficient (Wildman–Crippen LogP) is 8.31. The molecule has 0 fully saturated rings. The van der Waals surface area contributed by atoms with Crippen LogP contribution in [0.5, 0.6) is 11.5 Å². The Morgan fingerprint density at radius 1 is 0.676 bits per heavy atom. The van der Waals surface area contributed by atoms with Crippen LogP contribution in [-0.2, 0) is 10.2 Å². The first kappa shape index (κ1) is 22.7. The second kappa shape index (κ2) is 8.75. The smallest absolute Gasteiger partial charge is 0.222 e. The highest BCUT2D eigenvalue weighted by Crippen LogP contribution is 2.49. The molecular weight excluding hydrogens is 456 g/mol. The summed E-state index contributed by atoms with van der Waals surface area (Å²) in [6, 6.07) is 35.7. The Morgan fingerprint density at radius 2 is 1.38 bits per heavy atom. The molecule has 6 rings (SSSR count). The zero-order chi connectivity index (χ0) is 25.6. The van der Waals surface area contributed by atoms with Gasteiger partial charge in [0.05, 0.1) is 5.56 Å². The van der Waals surface area contributed by atoms with Crippen molar-refractivity contribution in [3.63, 3.8) is 0 Å². The number of para-hydroxylation sites is 1. The maximum atomic E-state index is 8.96. The van der Waals surface area contributed by atoms with Crippen molar-refractivity contribution in [2.75, 3.05) is 0 Å². The molecule has 0 atom stereocenters. The van der Waals surface area contributed by atoms with Gasteiger partial charge in [-0.2, -0.15) is 0 Å². The van der Waals surface area contributed by atoms with Gasteiger partial charge in [-0.3, -0.25) is 10.8 Å². The van der Waals surface area contributed by atoms with E-state index < -0.39 is 0 Å². The van der Waals surface area contributed by atoms with E-state index in [0.717, 1.165) is 44.5 Å². The van der Waals surface area contributed by atoms with E-state index in [-0.39, 0.29) is 17.2 Å². The summed E-state index contributed by atoms with van der Waals surface area (Å²) in [6.07, 6.45) is 0. The van der Waals surface area contributed by atoms with Crippen molar-refractivity contribution < 1.29 is 9.47 Å². The van der Waals surface area contributed by atoms with E-state index in [1.54, 1.807) is 0 Å². The number of nitrogens with one attached hydrogen (secondary N) is 2. The summed E-state index contributed by atoms with van der Waals surface area (Å²) in [5, 5.41) is 19.3. The van der Waals surface area contributed by atoms with Crippen LogP contribution in [0, 0.1) is 10.8 Å². The largest absolute Gasteiger partial charge is 0.457 e. The Hall–Kier alpha value is -4.70. The topological polar surface area (TPSA) is 66.2 Å². The van der Waals surface area contributed by atoms with Crippen molar-refractivity contribution in [3.8, 4) is 22.6 Å². The molecular formula is C33H26N2O2. The van der Waals surface area contributed by atoms with Crippen LogP contribution in [0.2, 0.25) is 0 Å². The van der Waals surface area contributed by atoms with E-state index in [1.165, 1.54) is 0 Å². The number of benzene rings is 5. The van der Waals surface area contributed by atoms with Gasteiger partial charge in [-0.25, -0.2) is 0 Å². The van der Waals surface area contributed by atoms with Crippen molar-refractivity contribution in [1.82, 2.24) is 0 Å². The van der Waals surface area contributed by atoms with Gasteiger partial charge < -0.3 is 9.47 Å². The van der Waals surface area contributed by atoms with E-state index in [9.17, 15) is 0 Å². The molecule has 0 saturated carbocycles. The van der Waals surface area contributed by atoms with Crippen molar-refractivity contribution in [2.45, 2.75) is 19.3 Å². The zero-order valence-corrected chi connectivity index (χ0v) is 20.7. The van der Waals surface area contributed by atoms with Crippen molar-refractivity contribution >= 4 is 22.6 Å². The standard InChI is InChI=1S/C33H26N2O2/c1-33(2)26-14-8-9-15-28(26)36-29-19-17-23(20-27(29)33)25-18-16-21-10-6-7-13-24(21)30(25)32(35)37-31(34)22-11-4-3-5-12-22/h3-20,34-35H,1-2H3. The average molecular weight is 483 g/mol. The van der Waals surface area contributed by atoms with Gasteiger partial charge in [0.2, 0.25) is 11.8 Å². The molecule has 0 aromatic heterocycles. The summed E-state index contributed by atoms with van der Waals surface area (Å²) in [7, 11) is 0. The lowest BCUT2D eigenvalue weighted by molar-refractivity contribution is 0.418. The van der Waals surface area contributed by atoms with Crippen molar-refractivity contribution in [1.29, 1.82) is 10.8 Å². The van der Waals surface area contributed by atoms with Crippen LogP contribution in [0.4, 0.5) is 0 Å². The summed E-state index contributed by atoms with van der Waals surface area (Å²) in [4.78, 5) is 0. The number of fused-ring (bicyclic) bond motifs is 3. The Bertz CT molecular complexity index is 1690. The molecule has 0 radical (unpaired) electrons. The van der Waals surface area contributed by atoms with Gasteiger partial charge in [0.1, 0.15) is 11.5 Å². The molecule has 0 aliphatic carbocycles. The Labute approximate surface area is 216 Å². The number of ether oxygens (including phenoxy) is 2. The highest BCUT2D eigenvalue weighted by Gasteiger charge is 2.34. The molecule has 0 amide bonds. The quantitative estimate of drug-likeness (QED) is 0.201. The molecule has 2 N–H and O–H groups in total. The molecule has 37 heavy (non-hydrogen) atoms. The van der Waals surface area contributed by atoms with Crippen LogP contribution >= 0.6 is 0 Å². The SMILES string of the molecule is CC1(C)c2ccccc2Oc2ccc(-c3ccc4ccccc4c3C(=N)OC(=N)c3ccccc3)cc21. The molecule has 0 unspecified atom stereocenters.